The normalized spacial score (nSPS) is 18.8. The molecular weight excluding hydrogens is 440 g/mol. The van der Waals surface area contributed by atoms with Crippen LogP contribution < -0.4 is 5.32 Å². The Morgan fingerprint density at radius 2 is 2.03 bits per heavy atom. The maximum Gasteiger partial charge on any atom is 0.323 e. The first-order chi connectivity index (χ1) is 15.3. The van der Waals surface area contributed by atoms with Crippen molar-refractivity contribution in [3.8, 4) is 0 Å². The van der Waals surface area contributed by atoms with E-state index in [1.807, 2.05) is 6.92 Å². The van der Waals surface area contributed by atoms with Crippen molar-refractivity contribution in [2.75, 3.05) is 13.7 Å². The Morgan fingerprint density at radius 1 is 1.25 bits per heavy atom. The van der Waals surface area contributed by atoms with Crippen molar-refractivity contribution < 1.29 is 23.1 Å². The van der Waals surface area contributed by atoms with Gasteiger partial charge >= 0.3 is 5.97 Å². The zero-order valence-electron chi connectivity index (χ0n) is 17.5. The van der Waals surface area contributed by atoms with E-state index >= 15 is 0 Å². The lowest BCUT2D eigenvalue weighted by Gasteiger charge is -2.22. The lowest BCUT2D eigenvalue weighted by molar-refractivity contribution is -0.146. The highest BCUT2D eigenvalue weighted by molar-refractivity contribution is 6.31. The molecule has 0 spiro atoms. The van der Waals surface area contributed by atoms with Gasteiger partial charge in [0.25, 0.3) is 5.91 Å². The molecule has 2 atom stereocenters. The minimum Gasteiger partial charge on any atom is -0.468 e. The molecule has 0 aliphatic carbocycles. The molecular formula is C23H22ClF2N3O3. The van der Waals surface area contributed by atoms with Crippen LogP contribution in [0.5, 0.6) is 0 Å². The van der Waals surface area contributed by atoms with Crippen molar-refractivity contribution in [1.82, 2.24) is 15.2 Å². The zero-order chi connectivity index (χ0) is 23.0. The first kappa shape index (κ1) is 22.2. The van der Waals surface area contributed by atoms with E-state index in [4.69, 9.17) is 16.3 Å². The van der Waals surface area contributed by atoms with Crippen LogP contribution in [0, 0.1) is 18.6 Å². The molecule has 2 heterocycles. The second kappa shape index (κ2) is 8.88. The molecule has 0 bridgehead atoms. The molecule has 1 saturated heterocycles. The molecule has 4 rings (SSSR count). The van der Waals surface area contributed by atoms with Gasteiger partial charge in [-0.2, -0.15) is 0 Å². The summed E-state index contributed by atoms with van der Waals surface area (Å²) in [6, 6.07) is 7.47. The third-order valence-electron chi connectivity index (χ3n) is 5.84. The first-order valence-corrected chi connectivity index (χ1v) is 10.5. The zero-order valence-corrected chi connectivity index (χ0v) is 18.3. The highest BCUT2D eigenvalue weighted by atomic mass is 35.5. The third-order valence-corrected chi connectivity index (χ3v) is 6.08. The maximum absolute atomic E-state index is 14.1. The summed E-state index contributed by atoms with van der Waals surface area (Å²) >= 11 is 6.07. The summed E-state index contributed by atoms with van der Waals surface area (Å²) in [6.07, 6.45) is 0.292. The van der Waals surface area contributed by atoms with Gasteiger partial charge in [0.05, 0.1) is 7.11 Å². The molecule has 1 fully saturated rings. The number of methoxy groups -OCH3 is 1. The van der Waals surface area contributed by atoms with E-state index in [0.717, 1.165) is 34.7 Å². The van der Waals surface area contributed by atoms with Crippen molar-refractivity contribution in [3.05, 3.63) is 69.9 Å². The van der Waals surface area contributed by atoms with E-state index in [1.54, 1.807) is 23.1 Å². The predicted octanol–water partition coefficient (Wildman–Crippen LogP) is 3.95. The van der Waals surface area contributed by atoms with Crippen LogP contribution in [0.1, 0.15) is 28.0 Å². The van der Waals surface area contributed by atoms with E-state index in [1.165, 1.54) is 7.11 Å². The highest BCUT2D eigenvalue weighted by Gasteiger charge is 2.38. The van der Waals surface area contributed by atoms with E-state index in [0.29, 0.717) is 17.1 Å². The van der Waals surface area contributed by atoms with Crippen molar-refractivity contribution in [3.63, 3.8) is 0 Å². The average molecular weight is 462 g/mol. The number of esters is 1. The molecule has 0 unspecified atom stereocenters. The number of hydrogen-bond donors (Lipinski definition) is 2. The number of amides is 1. The van der Waals surface area contributed by atoms with Gasteiger partial charge in [0.15, 0.2) is 0 Å². The minimum atomic E-state index is -0.685. The van der Waals surface area contributed by atoms with Crippen LogP contribution >= 0.6 is 11.6 Å². The second-order valence-corrected chi connectivity index (χ2v) is 8.36. The summed E-state index contributed by atoms with van der Waals surface area (Å²) in [5, 5.41) is 4.37. The first-order valence-electron chi connectivity index (χ1n) is 10.1. The number of H-pyrrole nitrogens is 1. The molecule has 1 aromatic heterocycles. The molecule has 0 radical (unpaired) electrons. The summed E-state index contributed by atoms with van der Waals surface area (Å²) < 4.78 is 32.6. The lowest BCUT2D eigenvalue weighted by Crippen LogP contribution is -2.38. The fraction of sp³-hybridized carbons (Fsp3) is 0.304. The van der Waals surface area contributed by atoms with E-state index in [-0.39, 0.29) is 30.6 Å². The third kappa shape index (κ3) is 4.33. The highest BCUT2D eigenvalue weighted by Crippen LogP contribution is 2.27. The summed E-state index contributed by atoms with van der Waals surface area (Å²) in [4.78, 5) is 30.1. The van der Waals surface area contributed by atoms with E-state index < -0.39 is 23.6 Å². The molecule has 0 saturated carbocycles. The van der Waals surface area contributed by atoms with Crippen molar-refractivity contribution in [2.45, 2.75) is 32.0 Å². The fourth-order valence-electron chi connectivity index (χ4n) is 4.23. The molecule has 32 heavy (non-hydrogen) atoms. The Bertz CT molecular complexity index is 1200. The number of carbonyl (C=O) groups is 2. The summed E-state index contributed by atoms with van der Waals surface area (Å²) in [5.41, 5.74) is 2.10. The number of hydrogen-bond acceptors (Lipinski definition) is 4. The number of fused-ring (bicyclic) bond motifs is 1. The smallest absolute Gasteiger partial charge is 0.323 e. The second-order valence-electron chi connectivity index (χ2n) is 7.93. The van der Waals surface area contributed by atoms with Gasteiger partial charge in [-0.05, 0) is 55.3 Å². The Kier molecular flexibility index (Phi) is 6.17. The van der Waals surface area contributed by atoms with Gasteiger partial charge in [-0.1, -0.05) is 11.6 Å². The summed E-state index contributed by atoms with van der Waals surface area (Å²) in [6.45, 7) is 2.13. The number of nitrogens with one attached hydrogen (secondary N) is 2. The quantitative estimate of drug-likeness (QED) is 0.564. The Morgan fingerprint density at radius 3 is 2.78 bits per heavy atom. The van der Waals surface area contributed by atoms with Crippen LogP contribution in [0.15, 0.2) is 36.4 Å². The van der Waals surface area contributed by atoms with Gasteiger partial charge in [-0.25, -0.2) is 8.78 Å². The van der Waals surface area contributed by atoms with E-state index in [9.17, 15) is 18.4 Å². The van der Waals surface area contributed by atoms with Crippen molar-refractivity contribution in [1.29, 1.82) is 0 Å². The number of carbonyl (C=O) groups excluding carboxylic acids is 2. The fourth-order valence-corrected chi connectivity index (χ4v) is 4.40. The van der Waals surface area contributed by atoms with Crippen LogP contribution in [0.25, 0.3) is 10.9 Å². The molecule has 2 aromatic carbocycles. The number of ether oxygens (including phenoxy) is 1. The Hall–Kier alpha value is -2.97. The number of benzene rings is 2. The van der Waals surface area contributed by atoms with Gasteiger partial charge in [0.1, 0.15) is 23.4 Å². The number of likely N-dealkylation sites (tertiary alicyclic amines) is 1. The van der Waals surface area contributed by atoms with Gasteiger partial charge in [-0.15, -0.1) is 0 Å². The molecule has 2 N–H and O–H groups in total. The molecule has 6 nitrogen and oxygen atoms in total. The number of rotatable bonds is 5. The van der Waals surface area contributed by atoms with Gasteiger partial charge in [0, 0.05) is 40.6 Å². The summed E-state index contributed by atoms with van der Waals surface area (Å²) in [5.74, 6) is -1.93. The van der Waals surface area contributed by atoms with Crippen LogP contribution in [0.3, 0.4) is 0 Å². The SMILES string of the molecule is COC(=O)[C@@H]1C[C@H](NC(=O)c2[nH]c3ccc(Cl)cc3c2C)CN1Cc1cc(F)ccc1F. The van der Waals surface area contributed by atoms with Crippen LogP contribution in [-0.4, -0.2) is 47.5 Å². The van der Waals surface area contributed by atoms with Crippen molar-refractivity contribution in [2.24, 2.45) is 0 Å². The molecule has 9 heteroatoms. The standard InChI is InChI=1S/C23H22ClF2N3O3/c1-12-17-8-14(24)3-6-19(17)28-21(12)22(30)27-16-9-20(23(31)32-2)29(11-16)10-13-7-15(25)4-5-18(13)26/h3-8,16,20,28H,9-11H2,1-2H3,(H,27,30)/t16-,20-/m0/s1. The van der Waals surface area contributed by atoms with Crippen molar-refractivity contribution >= 4 is 34.4 Å². The molecule has 1 amide bonds. The van der Waals surface area contributed by atoms with Crippen LogP contribution in [0.4, 0.5) is 8.78 Å². The largest absolute Gasteiger partial charge is 0.468 e. The number of nitrogens with zero attached hydrogens (tertiary/aromatic N) is 1. The molecule has 3 aromatic rings. The van der Waals surface area contributed by atoms with Gasteiger partial charge in [0.2, 0.25) is 0 Å². The number of aryl methyl sites for hydroxylation is 1. The summed E-state index contributed by atoms with van der Waals surface area (Å²) in [7, 11) is 1.27. The van der Waals surface area contributed by atoms with Gasteiger partial charge < -0.3 is 15.0 Å². The minimum absolute atomic E-state index is 0.0135. The topological polar surface area (TPSA) is 74.4 Å². The molecule has 1 aliphatic rings. The average Bonchev–Trinajstić information content (AvgIpc) is 3.31. The predicted molar refractivity (Wildman–Crippen MR) is 116 cm³/mol. The lowest BCUT2D eigenvalue weighted by atomic mass is 10.1. The van der Waals surface area contributed by atoms with E-state index in [2.05, 4.69) is 10.3 Å². The van der Waals surface area contributed by atoms with Crippen LogP contribution in [0.2, 0.25) is 5.02 Å². The number of aromatic nitrogens is 1. The monoisotopic (exact) mass is 461 g/mol. The molecule has 168 valence electrons. The van der Waals surface area contributed by atoms with Gasteiger partial charge in [-0.3, -0.25) is 14.5 Å². The Labute approximate surface area is 188 Å². The van der Waals surface area contributed by atoms with Crippen LogP contribution in [-0.2, 0) is 16.1 Å². The molecule has 1 aliphatic heterocycles. The number of halogens is 3. The Balaban J connectivity index is 1.53. The number of aromatic amines is 1. The maximum atomic E-state index is 14.1.